The predicted molar refractivity (Wildman–Crippen MR) is 215 cm³/mol. The molecule has 0 fully saturated rings. The van der Waals surface area contributed by atoms with Gasteiger partial charge < -0.3 is 19.8 Å². The van der Waals surface area contributed by atoms with Gasteiger partial charge in [-0.3, -0.25) is 24.7 Å². The number of hydrogen-bond acceptors (Lipinski definition) is 7. The average Bonchev–Trinajstić information content (AvgIpc) is 3.49. The molecule has 0 atom stereocenters. The Morgan fingerprint density at radius 3 is 0.906 bits per heavy atom. The van der Waals surface area contributed by atoms with E-state index in [1.165, 1.54) is 167 Å². The Balaban J connectivity index is 0. The molecule has 2 rings (SSSR count). The summed E-state index contributed by atoms with van der Waals surface area (Å²) in [6.07, 6.45) is 39.7. The molecule has 0 unspecified atom stereocenters. The molecular weight excluding hydrogens is 701 g/mol. The number of carboxylic acid groups (broad SMARTS) is 2. The van der Waals surface area contributed by atoms with Gasteiger partial charge in [-0.15, -0.1) is 0 Å². The molecule has 0 saturated carbocycles. The van der Waals surface area contributed by atoms with Crippen molar-refractivity contribution in [1.82, 2.24) is 19.9 Å². The zero-order valence-electron chi connectivity index (χ0n) is 33.7. The summed E-state index contributed by atoms with van der Waals surface area (Å²) in [6.45, 7) is 4.53. The van der Waals surface area contributed by atoms with Crippen LogP contribution in [0, 0.1) is 0 Å². The molecule has 53 heavy (non-hydrogen) atoms. The molecule has 0 spiro atoms. The first kappa shape index (κ1) is 53.3. The second-order valence-electron chi connectivity index (χ2n) is 14.4. The van der Waals surface area contributed by atoms with Crippen LogP contribution in [0.15, 0.2) is 14.4 Å². The zero-order chi connectivity index (χ0) is 38.5. The van der Waals surface area contributed by atoms with Crippen LogP contribution < -0.4 is 27.2 Å². The summed E-state index contributed by atoms with van der Waals surface area (Å²) in [5.41, 5.74) is -1.65. The van der Waals surface area contributed by atoms with Crippen LogP contribution in [-0.2, 0) is 9.59 Å². The van der Waals surface area contributed by atoms with Crippen LogP contribution in [0.2, 0.25) is 0 Å². The van der Waals surface area contributed by atoms with Crippen molar-refractivity contribution in [2.24, 2.45) is 0 Å². The maximum atomic E-state index is 10.9. The number of fused-ring (bicyclic) bond motifs is 1. The van der Waals surface area contributed by atoms with Gasteiger partial charge in [0.2, 0.25) is 0 Å². The summed E-state index contributed by atoms with van der Waals surface area (Å²) < 4.78 is 0. The fraction of sp³-hybridized carbons (Fsp3) is 0.829. The quantitative estimate of drug-likeness (QED) is 0.0429. The largest absolute Gasteiger partial charge is 2.00 e. The van der Waals surface area contributed by atoms with Gasteiger partial charge in [0.05, 0.1) is 0 Å². The Morgan fingerprint density at radius 1 is 0.396 bits per heavy atom. The molecule has 0 aliphatic heterocycles. The molecule has 2 aromatic heterocycles. The smallest absolute Gasteiger partial charge is 0.550 e. The molecule has 2 heterocycles. The van der Waals surface area contributed by atoms with Crippen LogP contribution >= 0.6 is 0 Å². The summed E-state index contributed by atoms with van der Waals surface area (Å²) in [4.78, 5) is 61.4. The molecule has 11 nitrogen and oxygen atoms in total. The first-order valence-corrected chi connectivity index (χ1v) is 21.1. The second kappa shape index (κ2) is 39.8. The monoisotopic (exact) mass is 775 g/mol. The number of carbonyl (C=O) groups excluding carboxylic acids is 2. The van der Waals surface area contributed by atoms with E-state index >= 15 is 0 Å². The minimum atomic E-state index is -0.903. The van der Waals surface area contributed by atoms with Gasteiger partial charge in [-0.1, -0.05) is 194 Å². The van der Waals surface area contributed by atoms with Gasteiger partial charge in [0.25, 0.3) is 5.56 Å². The predicted octanol–water partition coefficient (Wildman–Crippen LogP) is 7.85. The van der Waals surface area contributed by atoms with Crippen molar-refractivity contribution in [2.75, 3.05) is 0 Å². The number of carboxylic acids is 2. The van der Waals surface area contributed by atoms with E-state index in [4.69, 9.17) is 0 Å². The molecule has 12 heteroatoms. The standard InChI is InChI=1S/2C18H36O2.C5H4N4O3.Ca/c2*1-2-3-4-5-6-7-8-9-10-11-12-13-14-15-16-17-18(19)20;10-3-1-2(7-4(11)6-1)8-5(12)9-3;/h2*2-17H2,1H3,(H,19,20);(H4,6,7,8,9,10,11,12);/q;;;+2/p-2. The number of H-pyrrole nitrogens is 4. The number of nitrogens with one attached hydrogen (secondary N) is 4. The summed E-state index contributed by atoms with van der Waals surface area (Å²) in [6, 6.07) is 0. The number of aliphatic carboxylic acids is 2. The summed E-state index contributed by atoms with van der Waals surface area (Å²) in [5, 5.41) is 20.4. The van der Waals surface area contributed by atoms with E-state index in [0.29, 0.717) is 0 Å². The van der Waals surface area contributed by atoms with Crippen LogP contribution in [0.1, 0.15) is 219 Å². The second-order valence-corrected chi connectivity index (χ2v) is 14.4. The van der Waals surface area contributed by atoms with Crippen molar-refractivity contribution >= 4 is 60.8 Å². The summed E-state index contributed by atoms with van der Waals surface area (Å²) >= 11 is 0. The Morgan fingerprint density at radius 2 is 0.642 bits per heavy atom. The van der Waals surface area contributed by atoms with E-state index in [2.05, 4.69) is 28.8 Å². The van der Waals surface area contributed by atoms with Gasteiger partial charge in [-0.25, -0.2) is 9.59 Å². The first-order chi connectivity index (χ1) is 25.2. The van der Waals surface area contributed by atoms with Gasteiger partial charge in [0, 0.05) is 11.9 Å². The molecular formula is C41H74CaN4O7. The van der Waals surface area contributed by atoms with Crippen molar-refractivity contribution in [3.8, 4) is 0 Å². The van der Waals surface area contributed by atoms with Gasteiger partial charge in [-0.05, 0) is 25.7 Å². The van der Waals surface area contributed by atoms with Crippen LogP contribution in [0.4, 0.5) is 0 Å². The molecule has 0 aromatic carbocycles. The number of aromatic nitrogens is 4. The molecule has 0 aliphatic carbocycles. The summed E-state index contributed by atoms with van der Waals surface area (Å²) in [5.74, 6) is -1.81. The van der Waals surface area contributed by atoms with E-state index in [1.54, 1.807) is 0 Å². The molecule has 0 amide bonds. The van der Waals surface area contributed by atoms with Crippen molar-refractivity contribution in [2.45, 2.75) is 219 Å². The van der Waals surface area contributed by atoms with E-state index in [-0.39, 0.29) is 61.7 Å². The number of hydrogen-bond donors (Lipinski definition) is 4. The Bertz CT molecular complexity index is 1240. The molecule has 4 N–H and O–H groups in total. The van der Waals surface area contributed by atoms with Crippen molar-refractivity contribution in [3.63, 3.8) is 0 Å². The van der Waals surface area contributed by atoms with E-state index in [1.807, 2.05) is 4.98 Å². The molecule has 2 aromatic rings. The van der Waals surface area contributed by atoms with Crippen LogP contribution in [0.25, 0.3) is 11.2 Å². The minimum absolute atomic E-state index is 0. The number of unbranched alkanes of at least 4 members (excludes halogenated alkanes) is 28. The fourth-order valence-electron chi connectivity index (χ4n) is 6.24. The topological polar surface area (TPSA) is 195 Å². The minimum Gasteiger partial charge on any atom is -0.550 e. The normalized spacial score (nSPS) is 10.6. The number of aromatic amines is 4. The first-order valence-electron chi connectivity index (χ1n) is 21.1. The van der Waals surface area contributed by atoms with Crippen LogP contribution in [0.3, 0.4) is 0 Å². The van der Waals surface area contributed by atoms with Gasteiger partial charge in [0.15, 0.2) is 0 Å². The zero-order valence-corrected chi connectivity index (χ0v) is 35.9. The third-order valence-electron chi connectivity index (χ3n) is 9.39. The van der Waals surface area contributed by atoms with Crippen LogP contribution in [-0.4, -0.2) is 69.6 Å². The van der Waals surface area contributed by atoms with Crippen molar-refractivity contribution in [3.05, 3.63) is 31.3 Å². The maximum Gasteiger partial charge on any atom is 2.00 e. The summed E-state index contributed by atoms with van der Waals surface area (Å²) in [7, 11) is 0. The van der Waals surface area contributed by atoms with E-state index in [0.717, 1.165) is 25.7 Å². The molecule has 0 radical (unpaired) electrons. The molecule has 302 valence electrons. The molecule has 0 bridgehead atoms. The number of carbonyl (C=O) groups is 2. The van der Waals surface area contributed by atoms with Crippen molar-refractivity contribution in [1.29, 1.82) is 0 Å². The fourth-order valence-corrected chi connectivity index (χ4v) is 6.24. The average molecular weight is 775 g/mol. The van der Waals surface area contributed by atoms with Gasteiger partial charge >= 0.3 is 49.1 Å². The molecule has 0 aliphatic rings. The Hall–Kier alpha value is -1.85. The van der Waals surface area contributed by atoms with Crippen molar-refractivity contribution < 1.29 is 19.8 Å². The third-order valence-corrected chi connectivity index (χ3v) is 9.39. The van der Waals surface area contributed by atoms with Crippen LogP contribution in [0.5, 0.6) is 0 Å². The Kier molecular flexibility index (Phi) is 40.0. The number of rotatable bonds is 32. The SMILES string of the molecule is CCCCCCCCCCCCCCCCCC(=O)[O-].CCCCCCCCCCCCCCCCCC(=O)[O-].O=c1[nH]c(=O)c2[nH]c(=O)[nH]c2[nH]1.[Ca+2]. The third kappa shape index (κ3) is 36.9. The van der Waals surface area contributed by atoms with E-state index in [9.17, 15) is 34.2 Å². The number of imidazole rings is 1. The maximum absolute atomic E-state index is 10.9. The Labute approximate surface area is 349 Å². The van der Waals surface area contributed by atoms with E-state index < -0.39 is 28.9 Å². The molecule has 0 saturated heterocycles. The van der Waals surface area contributed by atoms with Gasteiger partial charge in [-0.2, -0.15) is 0 Å². The van der Waals surface area contributed by atoms with Gasteiger partial charge in [0.1, 0.15) is 11.2 Å².